The molecule has 1 heterocycles. The van der Waals surface area contributed by atoms with Gasteiger partial charge in [0, 0.05) is 19.1 Å². The van der Waals surface area contributed by atoms with E-state index in [9.17, 15) is 9.90 Å². The van der Waals surface area contributed by atoms with Gasteiger partial charge in [0.15, 0.2) is 0 Å². The van der Waals surface area contributed by atoms with Gasteiger partial charge in [-0.2, -0.15) is 0 Å². The number of aliphatic carboxylic acids is 1. The third-order valence-corrected chi connectivity index (χ3v) is 5.80. The van der Waals surface area contributed by atoms with E-state index in [2.05, 4.69) is 24.1 Å². The highest BCUT2D eigenvalue weighted by Gasteiger charge is 2.51. The molecule has 0 aromatic heterocycles. The molecular formula is C16H28N2O2. The van der Waals surface area contributed by atoms with Crippen molar-refractivity contribution in [2.45, 2.75) is 52.0 Å². The fraction of sp³-hybridized carbons (Fsp3) is 0.938. The van der Waals surface area contributed by atoms with Gasteiger partial charge in [-0.05, 0) is 56.5 Å². The van der Waals surface area contributed by atoms with Crippen molar-refractivity contribution in [1.29, 1.82) is 0 Å². The molecule has 3 rings (SSSR count). The maximum atomic E-state index is 11.3. The number of nitrogens with zero attached hydrogens (tertiary/aromatic N) is 1. The fourth-order valence-electron chi connectivity index (χ4n) is 3.43. The van der Waals surface area contributed by atoms with E-state index < -0.39 is 11.4 Å². The lowest BCUT2D eigenvalue weighted by Gasteiger charge is -2.40. The van der Waals surface area contributed by atoms with Crippen LogP contribution in [0, 0.1) is 16.7 Å². The van der Waals surface area contributed by atoms with Crippen molar-refractivity contribution in [2.75, 3.05) is 26.2 Å². The molecule has 0 aromatic carbocycles. The number of likely N-dealkylation sites (tertiary alicyclic amines) is 1. The van der Waals surface area contributed by atoms with Crippen molar-refractivity contribution >= 4 is 5.97 Å². The SMILES string of the molecule is C[C@@H]1C[C@H]1NCC1(C)CCN(CC2(C(=O)O)CC2)CC1. The number of carboxylic acids is 1. The number of carbonyl (C=O) groups is 1. The van der Waals surface area contributed by atoms with Gasteiger partial charge in [0.25, 0.3) is 0 Å². The molecule has 20 heavy (non-hydrogen) atoms. The standard InChI is InChI=1S/C16H28N2O2/c1-12-9-13(12)17-10-15(2)5-7-18(8-6-15)11-16(3-4-16)14(19)20/h12-13,17H,3-11H2,1-2H3,(H,19,20)/t12-,13-/m1/s1. The molecule has 2 N–H and O–H groups in total. The Labute approximate surface area is 121 Å². The zero-order valence-electron chi connectivity index (χ0n) is 12.8. The zero-order chi connectivity index (χ0) is 14.4. The van der Waals surface area contributed by atoms with E-state index in [1.165, 1.54) is 19.3 Å². The number of hydrogen-bond donors (Lipinski definition) is 2. The molecule has 1 saturated heterocycles. The topological polar surface area (TPSA) is 52.6 Å². The van der Waals surface area contributed by atoms with Crippen LogP contribution < -0.4 is 5.32 Å². The summed E-state index contributed by atoms with van der Waals surface area (Å²) in [6, 6.07) is 0.756. The van der Waals surface area contributed by atoms with E-state index in [1.807, 2.05) is 0 Å². The molecule has 2 atom stereocenters. The minimum atomic E-state index is -0.588. The maximum absolute atomic E-state index is 11.3. The normalized spacial score (nSPS) is 34.7. The Morgan fingerprint density at radius 3 is 2.35 bits per heavy atom. The average Bonchev–Trinajstić information content (AvgIpc) is 3.29. The second-order valence-electron chi connectivity index (χ2n) is 7.87. The molecule has 0 spiro atoms. The molecule has 0 aromatic rings. The molecule has 0 amide bonds. The van der Waals surface area contributed by atoms with Gasteiger partial charge in [-0.25, -0.2) is 0 Å². The Hall–Kier alpha value is -0.610. The van der Waals surface area contributed by atoms with Crippen molar-refractivity contribution in [1.82, 2.24) is 10.2 Å². The number of nitrogens with one attached hydrogen (secondary N) is 1. The lowest BCUT2D eigenvalue weighted by molar-refractivity contribution is -0.144. The third-order valence-electron chi connectivity index (χ3n) is 5.80. The van der Waals surface area contributed by atoms with Gasteiger partial charge in [-0.1, -0.05) is 13.8 Å². The van der Waals surface area contributed by atoms with E-state index in [-0.39, 0.29) is 0 Å². The van der Waals surface area contributed by atoms with Crippen LogP contribution in [0.25, 0.3) is 0 Å². The Bertz CT molecular complexity index is 384. The van der Waals surface area contributed by atoms with Crippen LogP contribution in [0.3, 0.4) is 0 Å². The molecular weight excluding hydrogens is 252 g/mol. The lowest BCUT2D eigenvalue weighted by Crippen LogP contribution is -2.46. The van der Waals surface area contributed by atoms with Crippen LogP contribution in [-0.4, -0.2) is 48.2 Å². The minimum absolute atomic E-state index is 0.393. The van der Waals surface area contributed by atoms with Crippen LogP contribution in [0.5, 0.6) is 0 Å². The molecule has 2 aliphatic carbocycles. The second-order valence-corrected chi connectivity index (χ2v) is 7.87. The highest BCUT2D eigenvalue weighted by atomic mass is 16.4. The third kappa shape index (κ3) is 3.01. The van der Waals surface area contributed by atoms with E-state index in [0.29, 0.717) is 5.41 Å². The van der Waals surface area contributed by atoms with Crippen LogP contribution in [0.2, 0.25) is 0 Å². The van der Waals surface area contributed by atoms with E-state index in [1.54, 1.807) is 0 Å². The van der Waals surface area contributed by atoms with Gasteiger partial charge in [0.1, 0.15) is 0 Å². The Kier molecular flexibility index (Phi) is 3.57. The summed E-state index contributed by atoms with van der Waals surface area (Å²) >= 11 is 0. The van der Waals surface area contributed by atoms with Crippen LogP contribution in [0.15, 0.2) is 0 Å². The quantitative estimate of drug-likeness (QED) is 0.781. The monoisotopic (exact) mass is 280 g/mol. The number of piperidine rings is 1. The predicted molar refractivity (Wildman–Crippen MR) is 78.7 cm³/mol. The maximum Gasteiger partial charge on any atom is 0.310 e. The van der Waals surface area contributed by atoms with Gasteiger partial charge < -0.3 is 15.3 Å². The summed E-state index contributed by atoms with van der Waals surface area (Å²) < 4.78 is 0. The first-order valence-corrected chi connectivity index (χ1v) is 8.12. The molecule has 4 nitrogen and oxygen atoms in total. The van der Waals surface area contributed by atoms with E-state index in [0.717, 1.165) is 51.0 Å². The summed E-state index contributed by atoms with van der Waals surface area (Å²) in [5.74, 6) is 0.277. The molecule has 0 radical (unpaired) electrons. The Morgan fingerprint density at radius 1 is 1.30 bits per heavy atom. The number of rotatable bonds is 6. The number of hydrogen-bond acceptors (Lipinski definition) is 3. The molecule has 3 fully saturated rings. The molecule has 0 bridgehead atoms. The molecule has 2 saturated carbocycles. The van der Waals surface area contributed by atoms with Gasteiger partial charge >= 0.3 is 5.97 Å². The van der Waals surface area contributed by atoms with E-state index in [4.69, 9.17) is 0 Å². The molecule has 0 unspecified atom stereocenters. The first kappa shape index (κ1) is 14.3. The van der Waals surface area contributed by atoms with Crippen LogP contribution in [0.1, 0.15) is 46.0 Å². The Morgan fingerprint density at radius 2 is 1.90 bits per heavy atom. The van der Waals surface area contributed by atoms with Crippen molar-refractivity contribution in [3.63, 3.8) is 0 Å². The lowest BCUT2D eigenvalue weighted by atomic mass is 9.80. The highest BCUT2D eigenvalue weighted by molar-refractivity contribution is 5.78. The summed E-state index contributed by atoms with van der Waals surface area (Å²) in [6.45, 7) is 8.71. The molecule has 3 aliphatic rings. The Balaban J connectivity index is 1.43. The smallest absolute Gasteiger partial charge is 0.310 e. The van der Waals surface area contributed by atoms with Gasteiger partial charge in [-0.3, -0.25) is 4.79 Å². The van der Waals surface area contributed by atoms with Gasteiger partial charge in [0.05, 0.1) is 5.41 Å². The first-order valence-electron chi connectivity index (χ1n) is 8.12. The number of carboxylic acid groups (broad SMARTS) is 1. The van der Waals surface area contributed by atoms with Crippen molar-refractivity contribution in [2.24, 2.45) is 16.7 Å². The highest BCUT2D eigenvalue weighted by Crippen LogP contribution is 2.47. The summed E-state index contributed by atoms with van der Waals surface area (Å²) in [5, 5.41) is 13.0. The predicted octanol–water partition coefficient (Wildman–Crippen LogP) is 1.95. The summed E-state index contributed by atoms with van der Waals surface area (Å²) in [5.41, 5.74) is 0.00812. The fourth-order valence-corrected chi connectivity index (χ4v) is 3.43. The minimum Gasteiger partial charge on any atom is -0.481 e. The van der Waals surface area contributed by atoms with Crippen molar-refractivity contribution < 1.29 is 9.90 Å². The second kappa shape index (κ2) is 4.99. The molecule has 4 heteroatoms. The van der Waals surface area contributed by atoms with Gasteiger partial charge in [-0.15, -0.1) is 0 Å². The largest absolute Gasteiger partial charge is 0.481 e. The first-order chi connectivity index (χ1) is 9.42. The van der Waals surface area contributed by atoms with Crippen LogP contribution in [-0.2, 0) is 4.79 Å². The summed E-state index contributed by atoms with van der Waals surface area (Å²) in [4.78, 5) is 13.6. The summed E-state index contributed by atoms with van der Waals surface area (Å²) in [6.07, 6.45) is 5.46. The van der Waals surface area contributed by atoms with Crippen LogP contribution >= 0.6 is 0 Å². The van der Waals surface area contributed by atoms with Crippen molar-refractivity contribution in [3.05, 3.63) is 0 Å². The zero-order valence-corrected chi connectivity index (χ0v) is 12.8. The average molecular weight is 280 g/mol. The van der Waals surface area contributed by atoms with E-state index >= 15 is 0 Å². The van der Waals surface area contributed by atoms with Crippen molar-refractivity contribution in [3.8, 4) is 0 Å². The summed E-state index contributed by atoms with van der Waals surface area (Å²) in [7, 11) is 0. The van der Waals surface area contributed by atoms with Crippen LogP contribution in [0.4, 0.5) is 0 Å². The van der Waals surface area contributed by atoms with Gasteiger partial charge in [0.2, 0.25) is 0 Å². The molecule has 114 valence electrons. The molecule has 1 aliphatic heterocycles.